The van der Waals surface area contributed by atoms with Crippen LogP contribution in [-0.4, -0.2) is 17.2 Å². The van der Waals surface area contributed by atoms with Gasteiger partial charge in [0.15, 0.2) is 0 Å². The molecule has 0 amide bonds. The lowest BCUT2D eigenvalue weighted by molar-refractivity contribution is -0.140. The van der Waals surface area contributed by atoms with E-state index in [4.69, 9.17) is 14.2 Å². The molecule has 0 aromatic heterocycles. The van der Waals surface area contributed by atoms with Gasteiger partial charge in [-0.25, -0.2) is 0 Å². The summed E-state index contributed by atoms with van der Waals surface area (Å²) in [4.78, 5) is 11.2. The number of hydrogen-bond acceptors (Lipinski definition) is 4. The van der Waals surface area contributed by atoms with Gasteiger partial charge in [0.2, 0.25) is 0 Å². The molecule has 0 spiro atoms. The second-order valence-electron chi connectivity index (χ2n) is 7.77. The lowest BCUT2D eigenvalue weighted by atomic mass is 9.92. The highest BCUT2D eigenvalue weighted by Gasteiger charge is 2.66. The SMILES string of the molecule is CC(OC1=CCC2C(=C1)O[C@H]1[C@H](C(=O)O)[C@@H]21)c1cccc(Oc2ccccc2)c1. The molecule has 3 aliphatic rings. The van der Waals surface area contributed by atoms with Crippen LogP contribution in [0.2, 0.25) is 0 Å². The molecule has 1 saturated heterocycles. The van der Waals surface area contributed by atoms with Crippen LogP contribution < -0.4 is 4.74 Å². The third-order valence-corrected chi connectivity index (χ3v) is 5.87. The maximum atomic E-state index is 11.2. The van der Waals surface area contributed by atoms with Crippen molar-refractivity contribution in [1.29, 1.82) is 0 Å². The molecule has 1 saturated carbocycles. The highest BCUT2D eigenvalue weighted by atomic mass is 16.5. The predicted molar refractivity (Wildman–Crippen MR) is 106 cm³/mol. The van der Waals surface area contributed by atoms with Crippen molar-refractivity contribution in [2.75, 3.05) is 0 Å². The van der Waals surface area contributed by atoms with Crippen LogP contribution in [0.4, 0.5) is 0 Å². The second kappa shape index (κ2) is 6.99. The van der Waals surface area contributed by atoms with Gasteiger partial charge in [0.1, 0.15) is 41.1 Å². The van der Waals surface area contributed by atoms with Crippen LogP contribution in [0, 0.1) is 17.8 Å². The molecular weight excluding hydrogens is 368 g/mol. The molecule has 2 unspecified atom stereocenters. The number of carbonyl (C=O) groups is 1. The first-order chi connectivity index (χ1) is 14.1. The lowest BCUT2D eigenvalue weighted by Crippen LogP contribution is -2.15. The van der Waals surface area contributed by atoms with E-state index in [2.05, 4.69) is 0 Å². The van der Waals surface area contributed by atoms with E-state index in [0.717, 1.165) is 35.0 Å². The maximum absolute atomic E-state index is 11.2. The van der Waals surface area contributed by atoms with E-state index in [9.17, 15) is 9.90 Å². The first-order valence-electron chi connectivity index (χ1n) is 9.91. The van der Waals surface area contributed by atoms with Crippen LogP contribution in [0.5, 0.6) is 11.5 Å². The van der Waals surface area contributed by atoms with Crippen LogP contribution in [0.1, 0.15) is 25.0 Å². The largest absolute Gasteiger partial charge is 0.493 e. The van der Waals surface area contributed by atoms with Gasteiger partial charge in [-0.3, -0.25) is 4.79 Å². The topological polar surface area (TPSA) is 65.0 Å². The van der Waals surface area contributed by atoms with Crippen LogP contribution in [0.25, 0.3) is 0 Å². The van der Waals surface area contributed by atoms with Crippen LogP contribution >= 0.6 is 0 Å². The summed E-state index contributed by atoms with van der Waals surface area (Å²) in [5.74, 6) is 2.37. The van der Waals surface area contributed by atoms with Gasteiger partial charge in [0, 0.05) is 17.9 Å². The summed E-state index contributed by atoms with van der Waals surface area (Å²) >= 11 is 0. The van der Waals surface area contributed by atoms with E-state index in [-0.39, 0.29) is 30.0 Å². The van der Waals surface area contributed by atoms with Gasteiger partial charge in [-0.1, -0.05) is 30.3 Å². The Morgan fingerprint density at radius 2 is 1.93 bits per heavy atom. The number of fused-ring (bicyclic) bond motifs is 3. The first-order valence-corrected chi connectivity index (χ1v) is 9.91. The molecule has 1 heterocycles. The van der Waals surface area contributed by atoms with Gasteiger partial charge in [0.05, 0.1) is 0 Å². The minimum absolute atomic E-state index is 0.112. The average Bonchev–Trinajstić information content (AvgIpc) is 3.32. The van der Waals surface area contributed by atoms with Crippen molar-refractivity contribution in [3.05, 3.63) is 83.8 Å². The Morgan fingerprint density at radius 1 is 1.14 bits per heavy atom. The Bertz CT molecular complexity index is 993. The molecule has 2 aromatic carbocycles. The average molecular weight is 390 g/mol. The number of rotatable bonds is 6. The molecule has 29 heavy (non-hydrogen) atoms. The molecule has 5 rings (SSSR count). The summed E-state index contributed by atoms with van der Waals surface area (Å²) < 4.78 is 17.9. The molecule has 5 nitrogen and oxygen atoms in total. The van der Waals surface area contributed by atoms with E-state index in [1.54, 1.807) is 0 Å². The molecule has 5 atom stereocenters. The van der Waals surface area contributed by atoms with Crippen molar-refractivity contribution in [2.24, 2.45) is 17.8 Å². The molecular formula is C24H22O5. The minimum atomic E-state index is -0.753. The molecule has 2 aliphatic carbocycles. The molecule has 148 valence electrons. The van der Waals surface area contributed by atoms with E-state index < -0.39 is 5.97 Å². The summed E-state index contributed by atoms with van der Waals surface area (Å²) in [5.41, 5.74) is 1.01. The summed E-state index contributed by atoms with van der Waals surface area (Å²) in [5, 5.41) is 9.21. The zero-order valence-electron chi connectivity index (χ0n) is 16.0. The highest BCUT2D eigenvalue weighted by Crippen LogP contribution is 2.59. The Hall–Kier alpha value is -3.21. The summed E-state index contributed by atoms with van der Waals surface area (Å²) in [7, 11) is 0. The smallest absolute Gasteiger partial charge is 0.310 e. The summed E-state index contributed by atoms with van der Waals surface area (Å²) in [6, 6.07) is 17.5. The Labute approximate surface area is 169 Å². The molecule has 5 heteroatoms. The normalized spacial score (nSPS) is 27.5. The predicted octanol–water partition coefficient (Wildman–Crippen LogP) is 5.07. The van der Waals surface area contributed by atoms with Crippen LogP contribution in [-0.2, 0) is 14.3 Å². The van der Waals surface area contributed by atoms with Crippen LogP contribution in [0.3, 0.4) is 0 Å². The summed E-state index contributed by atoms with van der Waals surface area (Å²) in [6.45, 7) is 2.00. The Kier molecular flexibility index (Phi) is 4.31. The van der Waals surface area contributed by atoms with Crippen LogP contribution in [0.15, 0.2) is 78.3 Å². The van der Waals surface area contributed by atoms with Crippen molar-refractivity contribution in [3.8, 4) is 11.5 Å². The van der Waals surface area contributed by atoms with E-state index in [0.29, 0.717) is 0 Å². The van der Waals surface area contributed by atoms with Crippen molar-refractivity contribution in [3.63, 3.8) is 0 Å². The Morgan fingerprint density at radius 3 is 2.72 bits per heavy atom. The number of hydrogen-bond donors (Lipinski definition) is 1. The van der Waals surface area contributed by atoms with Gasteiger partial charge in [0.25, 0.3) is 0 Å². The maximum Gasteiger partial charge on any atom is 0.310 e. The number of aliphatic carboxylic acids is 1. The quantitative estimate of drug-likeness (QED) is 0.746. The van der Waals surface area contributed by atoms with E-state index in [1.165, 1.54) is 0 Å². The lowest BCUT2D eigenvalue weighted by Gasteiger charge is -2.22. The minimum Gasteiger partial charge on any atom is -0.493 e. The number of carboxylic acid groups (broad SMARTS) is 1. The number of para-hydroxylation sites is 1. The zero-order valence-corrected chi connectivity index (χ0v) is 16.0. The van der Waals surface area contributed by atoms with Gasteiger partial charge >= 0.3 is 5.97 Å². The van der Waals surface area contributed by atoms with E-state index in [1.807, 2.05) is 73.7 Å². The van der Waals surface area contributed by atoms with Crippen molar-refractivity contribution in [1.82, 2.24) is 0 Å². The monoisotopic (exact) mass is 390 g/mol. The van der Waals surface area contributed by atoms with Crippen molar-refractivity contribution < 1.29 is 24.1 Å². The molecule has 1 N–H and O–H groups in total. The zero-order chi connectivity index (χ0) is 20.0. The third kappa shape index (κ3) is 3.37. The van der Waals surface area contributed by atoms with Crippen molar-refractivity contribution >= 4 is 5.97 Å². The first kappa shape index (κ1) is 17.9. The van der Waals surface area contributed by atoms with Crippen molar-refractivity contribution in [2.45, 2.75) is 25.6 Å². The van der Waals surface area contributed by atoms with Gasteiger partial charge in [-0.15, -0.1) is 0 Å². The van der Waals surface area contributed by atoms with Gasteiger partial charge in [-0.2, -0.15) is 0 Å². The number of benzene rings is 2. The fourth-order valence-corrected chi connectivity index (χ4v) is 4.34. The van der Waals surface area contributed by atoms with Gasteiger partial charge in [-0.05, 0) is 49.2 Å². The molecule has 2 aromatic rings. The number of allylic oxidation sites excluding steroid dienone is 3. The Balaban J connectivity index is 1.24. The number of carboxylic acids is 1. The number of ether oxygens (including phenoxy) is 3. The molecule has 1 aliphatic heterocycles. The second-order valence-corrected chi connectivity index (χ2v) is 7.77. The standard InChI is InChI=1S/C24H22O5/c1-14(15-6-5-9-17(12-15)28-16-7-3-2-4-8-16)27-18-10-11-19-20(13-18)29-23-21(19)22(23)24(25)26/h2-10,12-14,19,21-23H,11H2,1H3,(H,25,26)/t14?,19?,21-,22-,23-/m1/s1. The van der Waals surface area contributed by atoms with Gasteiger partial charge < -0.3 is 19.3 Å². The molecule has 0 bridgehead atoms. The molecule has 0 radical (unpaired) electrons. The fourth-order valence-electron chi connectivity index (χ4n) is 4.34. The van der Waals surface area contributed by atoms with E-state index >= 15 is 0 Å². The molecule has 2 fully saturated rings. The fraction of sp³-hybridized carbons (Fsp3) is 0.292. The summed E-state index contributed by atoms with van der Waals surface area (Å²) in [6.07, 6.45) is 4.39. The highest BCUT2D eigenvalue weighted by molar-refractivity contribution is 5.76. The third-order valence-electron chi connectivity index (χ3n) is 5.87.